The van der Waals surface area contributed by atoms with E-state index in [1.807, 2.05) is 12.1 Å². The topological polar surface area (TPSA) is 90.1 Å². The molecule has 0 radical (unpaired) electrons. The second-order valence-electron chi connectivity index (χ2n) is 7.35. The maximum atomic E-state index is 13.7. The van der Waals surface area contributed by atoms with Crippen LogP contribution in [0.4, 0.5) is 10.3 Å². The summed E-state index contributed by atoms with van der Waals surface area (Å²) < 4.78 is 20.8. The minimum atomic E-state index is -0.461. The lowest BCUT2D eigenvalue weighted by Crippen LogP contribution is -2.28. The molecule has 1 aromatic carbocycles. The Morgan fingerprint density at radius 3 is 2.87 bits per heavy atom. The molecular formula is C21H19ClFN7O. The zero-order valence-electron chi connectivity index (χ0n) is 16.5. The fourth-order valence-corrected chi connectivity index (χ4v) is 3.65. The Morgan fingerprint density at radius 2 is 2.03 bits per heavy atom. The van der Waals surface area contributed by atoms with E-state index in [1.54, 1.807) is 23.0 Å². The quantitative estimate of drug-likeness (QED) is 0.508. The number of hydrogen-bond acceptors (Lipinski definition) is 7. The van der Waals surface area contributed by atoms with Gasteiger partial charge in [-0.25, -0.2) is 14.4 Å². The molecule has 1 aliphatic heterocycles. The first-order chi connectivity index (χ1) is 15.2. The molecule has 1 fully saturated rings. The molecule has 4 heterocycles. The third-order valence-corrected chi connectivity index (χ3v) is 5.48. The summed E-state index contributed by atoms with van der Waals surface area (Å²) in [5.74, 6) is 0.723. The van der Waals surface area contributed by atoms with Gasteiger partial charge in [-0.1, -0.05) is 17.7 Å². The summed E-state index contributed by atoms with van der Waals surface area (Å²) in [5.41, 5.74) is 2.87. The molecule has 0 bridgehead atoms. The van der Waals surface area contributed by atoms with Gasteiger partial charge in [-0.3, -0.25) is 0 Å². The smallest absolute Gasteiger partial charge is 0.223 e. The van der Waals surface area contributed by atoms with Crippen molar-refractivity contribution in [3.8, 4) is 11.3 Å². The summed E-state index contributed by atoms with van der Waals surface area (Å²) >= 11 is 5.76. The van der Waals surface area contributed by atoms with Crippen molar-refractivity contribution in [3.05, 3.63) is 65.0 Å². The number of nitrogens with one attached hydrogen (secondary N) is 1. The van der Waals surface area contributed by atoms with E-state index in [-0.39, 0.29) is 5.02 Å². The van der Waals surface area contributed by atoms with Crippen LogP contribution < -0.4 is 5.32 Å². The summed E-state index contributed by atoms with van der Waals surface area (Å²) in [6.45, 7) is 1.49. The third-order valence-electron chi connectivity index (χ3n) is 5.18. The molecule has 31 heavy (non-hydrogen) atoms. The maximum Gasteiger partial charge on any atom is 0.223 e. The van der Waals surface area contributed by atoms with Gasteiger partial charge in [0.2, 0.25) is 5.95 Å². The van der Waals surface area contributed by atoms with E-state index in [4.69, 9.17) is 16.3 Å². The van der Waals surface area contributed by atoms with Crippen LogP contribution in [-0.2, 0) is 11.2 Å². The normalized spacial score (nSPS) is 14.8. The Labute approximate surface area is 182 Å². The van der Waals surface area contributed by atoms with Gasteiger partial charge in [-0.05, 0) is 42.7 Å². The van der Waals surface area contributed by atoms with Crippen molar-refractivity contribution in [1.82, 2.24) is 29.8 Å². The zero-order valence-corrected chi connectivity index (χ0v) is 17.3. The molecule has 158 valence electrons. The van der Waals surface area contributed by atoms with Gasteiger partial charge in [-0.2, -0.15) is 9.61 Å². The number of ether oxygens (including phenoxy) is 1. The van der Waals surface area contributed by atoms with Gasteiger partial charge in [0.25, 0.3) is 0 Å². The van der Waals surface area contributed by atoms with Crippen LogP contribution in [0.25, 0.3) is 16.9 Å². The SMILES string of the molecule is Fc1cc(Cc2nnc3cc(-c4ccnc(NC5CCOCC5)n4)cnn23)ccc1Cl. The monoisotopic (exact) mass is 439 g/mol. The van der Waals surface area contributed by atoms with Gasteiger partial charge >= 0.3 is 0 Å². The Morgan fingerprint density at radius 1 is 1.16 bits per heavy atom. The van der Waals surface area contributed by atoms with Crippen LogP contribution in [0.2, 0.25) is 5.02 Å². The highest BCUT2D eigenvalue weighted by molar-refractivity contribution is 6.30. The van der Waals surface area contributed by atoms with Crippen LogP contribution in [-0.4, -0.2) is 49.0 Å². The average Bonchev–Trinajstić information content (AvgIpc) is 3.19. The lowest BCUT2D eigenvalue weighted by Gasteiger charge is -2.23. The molecule has 0 aliphatic carbocycles. The average molecular weight is 440 g/mol. The van der Waals surface area contributed by atoms with Crippen LogP contribution >= 0.6 is 11.6 Å². The minimum absolute atomic E-state index is 0.0909. The predicted molar refractivity (Wildman–Crippen MR) is 113 cm³/mol. The summed E-state index contributed by atoms with van der Waals surface area (Å²) in [5, 5.41) is 16.4. The number of aromatic nitrogens is 6. The standard InChI is InChI=1S/C21H19ClFN7O/c22-16-2-1-13(9-17(16)23)10-19-28-29-20-11-14(12-25-30(19)20)18-3-6-24-21(27-18)26-15-4-7-31-8-5-15/h1-3,6,9,11-12,15H,4-5,7-8,10H2,(H,24,26,27). The minimum Gasteiger partial charge on any atom is -0.381 e. The largest absolute Gasteiger partial charge is 0.381 e. The second kappa shape index (κ2) is 8.52. The Bertz CT molecular complexity index is 1230. The highest BCUT2D eigenvalue weighted by Crippen LogP contribution is 2.21. The van der Waals surface area contributed by atoms with Crippen molar-refractivity contribution < 1.29 is 9.13 Å². The number of halogens is 2. The molecule has 1 N–H and O–H groups in total. The first-order valence-corrected chi connectivity index (χ1v) is 10.4. The molecule has 0 amide bonds. The van der Waals surface area contributed by atoms with E-state index in [0.29, 0.717) is 29.9 Å². The van der Waals surface area contributed by atoms with E-state index in [2.05, 4.69) is 30.6 Å². The lowest BCUT2D eigenvalue weighted by molar-refractivity contribution is 0.0903. The van der Waals surface area contributed by atoms with Crippen molar-refractivity contribution in [3.63, 3.8) is 0 Å². The van der Waals surface area contributed by atoms with Gasteiger partial charge in [0.05, 0.1) is 16.9 Å². The zero-order chi connectivity index (χ0) is 21.2. The molecule has 3 aromatic heterocycles. The van der Waals surface area contributed by atoms with E-state index in [9.17, 15) is 4.39 Å². The molecule has 0 atom stereocenters. The third kappa shape index (κ3) is 4.33. The maximum absolute atomic E-state index is 13.7. The van der Waals surface area contributed by atoms with Crippen LogP contribution in [0.5, 0.6) is 0 Å². The van der Waals surface area contributed by atoms with Crippen LogP contribution in [0.15, 0.2) is 42.7 Å². The van der Waals surface area contributed by atoms with E-state index in [1.165, 1.54) is 12.1 Å². The van der Waals surface area contributed by atoms with Gasteiger partial charge in [0, 0.05) is 37.4 Å². The van der Waals surface area contributed by atoms with Crippen molar-refractivity contribution in [2.24, 2.45) is 0 Å². The van der Waals surface area contributed by atoms with E-state index in [0.717, 1.165) is 42.9 Å². The summed E-state index contributed by atoms with van der Waals surface area (Å²) in [6.07, 6.45) is 5.68. The highest BCUT2D eigenvalue weighted by Gasteiger charge is 2.15. The van der Waals surface area contributed by atoms with Crippen LogP contribution in [0.3, 0.4) is 0 Å². The molecule has 0 spiro atoms. The number of fused-ring (bicyclic) bond motifs is 1. The molecule has 0 unspecified atom stereocenters. The van der Waals surface area contributed by atoms with Crippen molar-refractivity contribution in [2.45, 2.75) is 25.3 Å². The first kappa shape index (κ1) is 19.8. The fraction of sp³-hybridized carbons (Fsp3) is 0.286. The van der Waals surface area contributed by atoms with Gasteiger partial charge < -0.3 is 10.1 Å². The van der Waals surface area contributed by atoms with Crippen LogP contribution in [0, 0.1) is 5.82 Å². The molecule has 8 nitrogen and oxygen atoms in total. The van der Waals surface area contributed by atoms with Crippen molar-refractivity contribution in [1.29, 1.82) is 0 Å². The second-order valence-corrected chi connectivity index (χ2v) is 7.76. The Balaban J connectivity index is 1.38. The number of benzene rings is 1. The van der Waals surface area contributed by atoms with Gasteiger partial charge in [0.15, 0.2) is 11.5 Å². The summed E-state index contributed by atoms with van der Waals surface area (Å²) in [6, 6.07) is 8.69. The molecule has 0 saturated carbocycles. The van der Waals surface area contributed by atoms with Gasteiger partial charge in [0.1, 0.15) is 5.82 Å². The molecule has 4 aromatic rings. The lowest BCUT2D eigenvalue weighted by atomic mass is 10.1. The predicted octanol–water partition coefficient (Wildman–Crippen LogP) is 3.56. The highest BCUT2D eigenvalue weighted by atomic mass is 35.5. The molecule has 10 heteroatoms. The van der Waals surface area contributed by atoms with Crippen LogP contribution in [0.1, 0.15) is 24.2 Å². The molecule has 5 rings (SSSR count). The summed E-state index contributed by atoms with van der Waals surface area (Å²) in [4.78, 5) is 8.95. The Hall–Kier alpha value is -3.17. The van der Waals surface area contributed by atoms with Gasteiger partial charge in [-0.15, -0.1) is 10.2 Å². The number of anilines is 1. The molecule has 1 aliphatic rings. The van der Waals surface area contributed by atoms with Crippen molar-refractivity contribution in [2.75, 3.05) is 18.5 Å². The molecule has 1 saturated heterocycles. The fourth-order valence-electron chi connectivity index (χ4n) is 3.53. The van der Waals surface area contributed by atoms with Crippen molar-refractivity contribution >= 4 is 23.2 Å². The van der Waals surface area contributed by atoms with E-state index >= 15 is 0 Å². The van der Waals surface area contributed by atoms with E-state index < -0.39 is 5.82 Å². The number of rotatable bonds is 5. The Kier molecular flexibility index (Phi) is 5.44. The first-order valence-electron chi connectivity index (χ1n) is 9.98. The summed E-state index contributed by atoms with van der Waals surface area (Å²) in [7, 11) is 0. The number of hydrogen-bond donors (Lipinski definition) is 1. The number of nitrogens with zero attached hydrogens (tertiary/aromatic N) is 6. The molecular weight excluding hydrogens is 421 g/mol.